The molecule has 2 N–H and O–H groups in total. The fraction of sp³-hybridized carbons (Fsp3) is 0.0833. The van der Waals surface area contributed by atoms with Crippen molar-refractivity contribution in [2.24, 2.45) is 0 Å². The molecule has 5 aromatic rings. The van der Waals surface area contributed by atoms with Gasteiger partial charge in [0.2, 0.25) is 5.88 Å². The Kier molecular flexibility index (Phi) is 5.17. The molecule has 4 heterocycles. The Labute approximate surface area is 189 Å². The molecule has 0 radical (unpaired) electrons. The average Bonchev–Trinajstić information content (AvgIpc) is 3.22. The highest BCUT2D eigenvalue weighted by molar-refractivity contribution is 6.17. The summed E-state index contributed by atoms with van der Waals surface area (Å²) in [6.45, 7) is 0. The fourth-order valence-electron chi connectivity index (χ4n) is 3.62. The zero-order valence-corrected chi connectivity index (χ0v) is 18.0. The standard InChI is InChI=1S/C24H19ClN6O/c1-32-24-17(4-2-13-28-24)19-10-11-20-23(29-19)31(16-8-6-15(14-25)7-9-16)22(30-20)18-5-3-12-27-21(18)26/h2-13H,14H2,1H3,(H2,26,27). The highest BCUT2D eigenvalue weighted by atomic mass is 35.5. The van der Waals surface area contributed by atoms with Gasteiger partial charge in [0.1, 0.15) is 11.3 Å². The number of rotatable bonds is 5. The second-order valence-electron chi connectivity index (χ2n) is 7.11. The quantitative estimate of drug-likeness (QED) is 0.390. The van der Waals surface area contributed by atoms with Crippen molar-refractivity contribution in [1.82, 2.24) is 24.5 Å². The number of imidazole rings is 1. The predicted octanol–water partition coefficient (Wildman–Crippen LogP) is 4.87. The van der Waals surface area contributed by atoms with Crippen LogP contribution in [0.5, 0.6) is 5.88 Å². The van der Waals surface area contributed by atoms with Crippen molar-refractivity contribution in [1.29, 1.82) is 0 Å². The molecule has 0 unspecified atom stereocenters. The normalized spacial score (nSPS) is 11.1. The minimum Gasteiger partial charge on any atom is -0.481 e. The van der Waals surface area contributed by atoms with Gasteiger partial charge in [-0.3, -0.25) is 4.57 Å². The number of halogens is 1. The molecular weight excluding hydrogens is 424 g/mol. The minimum atomic E-state index is 0.399. The van der Waals surface area contributed by atoms with Crippen LogP contribution in [0.15, 0.2) is 73.1 Å². The van der Waals surface area contributed by atoms with Crippen molar-refractivity contribution >= 4 is 28.6 Å². The van der Waals surface area contributed by atoms with Crippen molar-refractivity contribution in [2.75, 3.05) is 12.8 Å². The number of anilines is 1. The molecule has 0 fully saturated rings. The van der Waals surface area contributed by atoms with Crippen LogP contribution in [0.1, 0.15) is 5.56 Å². The van der Waals surface area contributed by atoms with Gasteiger partial charge in [0.15, 0.2) is 11.5 Å². The van der Waals surface area contributed by atoms with Gasteiger partial charge in [-0.2, -0.15) is 0 Å². The first-order valence-electron chi connectivity index (χ1n) is 9.94. The number of nitrogen functional groups attached to an aromatic ring is 1. The van der Waals surface area contributed by atoms with E-state index in [2.05, 4.69) is 9.97 Å². The Balaban J connectivity index is 1.79. The van der Waals surface area contributed by atoms with Gasteiger partial charge in [0, 0.05) is 24.0 Å². The molecule has 0 aliphatic carbocycles. The summed E-state index contributed by atoms with van der Waals surface area (Å²) in [5.41, 5.74) is 11.8. The van der Waals surface area contributed by atoms with Crippen molar-refractivity contribution < 1.29 is 4.74 Å². The van der Waals surface area contributed by atoms with Crippen LogP contribution >= 0.6 is 11.6 Å². The van der Waals surface area contributed by atoms with Crippen LogP contribution in [0.25, 0.3) is 39.5 Å². The third kappa shape index (κ3) is 3.42. The van der Waals surface area contributed by atoms with Crippen molar-refractivity contribution in [3.8, 4) is 34.2 Å². The molecule has 4 aromatic heterocycles. The molecule has 0 saturated heterocycles. The molecule has 0 bridgehead atoms. The average molecular weight is 443 g/mol. The summed E-state index contributed by atoms with van der Waals surface area (Å²) in [5.74, 6) is 2.01. The number of fused-ring (bicyclic) bond motifs is 1. The lowest BCUT2D eigenvalue weighted by atomic mass is 10.2. The van der Waals surface area contributed by atoms with Gasteiger partial charge in [0.25, 0.3) is 0 Å². The van der Waals surface area contributed by atoms with E-state index in [1.54, 1.807) is 19.5 Å². The van der Waals surface area contributed by atoms with Gasteiger partial charge in [-0.1, -0.05) is 12.1 Å². The number of ether oxygens (including phenoxy) is 1. The largest absolute Gasteiger partial charge is 0.481 e. The molecule has 0 saturated carbocycles. The number of methoxy groups -OCH3 is 1. The second-order valence-corrected chi connectivity index (χ2v) is 7.37. The van der Waals surface area contributed by atoms with Gasteiger partial charge in [-0.25, -0.2) is 19.9 Å². The first-order valence-corrected chi connectivity index (χ1v) is 10.5. The van der Waals surface area contributed by atoms with Crippen molar-refractivity contribution in [2.45, 2.75) is 5.88 Å². The van der Waals surface area contributed by atoms with Crippen LogP contribution in [0.2, 0.25) is 0 Å². The number of benzene rings is 1. The van der Waals surface area contributed by atoms with Crippen LogP contribution in [0, 0.1) is 0 Å². The summed E-state index contributed by atoms with van der Waals surface area (Å²) >= 11 is 5.99. The van der Waals surface area contributed by atoms with Crippen LogP contribution in [-0.4, -0.2) is 31.6 Å². The van der Waals surface area contributed by atoms with Crippen LogP contribution in [-0.2, 0) is 5.88 Å². The Morgan fingerprint density at radius 2 is 1.66 bits per heavy atom. The topological polar surface area (TPSA) is 91.7 Å². The van der Waals surface area contributed by atoms with E-state index in [9.17, 15) is 0 Å². The van der Waals surface area contributed by atoms with E-state index in [4.69, 9.17) is 32.0 Å². The lowest BCUT2D eigenvalue weighted by Crippen LogP contribution is -2.02. The lowest BCUT2D eigenvalue weighted by molar-refractivity contribution is 0.399. The molecule has 158 valence electrons. The van der Waals surface area contributed by atoms with Crippen LogP contribution in [0.4, 0.5) is 5.82 Å². The highest BCUT2D eigenvalue weighted by Gasteiger charge is 2.19. The van der Waals surface area contributed by atoms with Crippen molar-refractivity contribution in [3.63, 3.8) is 0 Å². The summed E-state index contributed by atoms with van der Waals surface area (Å²) in [7, 11) is 1.59. The molecule has 32 heavy (non-hydrogen) atoms. The number of alkyl halides is 1. The van der Waals surface area contributed by atoms with E-state index in [1.807, 2.05) is 65.2 Å². The summed E-state index contributed by atoms with van der Waals surface area (Å²) in [5, 5.41) is 0. The molecule has 0 atom stereocenters. The first-order chi connectivity index (χ1) is 15.7. The zero-order valence-electron chi connectivity index (χ0n) is 17.2. The van der Waals surface area contributed by atoms with Gasteiger partial charge in [-0.05, 0) is 54.1 Å². The van der Waals surface area contributed by atoms with Gasteiger partial charge < -0.3 is 10.5 Å². The summed E-state index contributed by atoms with van der Waals surface area (Å²) in [6.07, 6.45) is 3.35. The molecule has 5 rings (SSSR count). The van der Waals surface area contributed by atoms with E-state index in [-0.39, 0.29) is 0 Å². The molecule has 0 aliphatic heterocycles. The highest BCUT2D eigenvalue weighted by Crippen LogP contribution is 2.33. The molecule has 0 aliphatic rings. The number of nitrogens with two attached hydrogens (primary N) is 1. The lowest BCUT2D eigenvalue weighted by Gasteiger charge is -2.11. The van der Waals surface area contributed by atoms with E-state index < -0.39 is 0 Å². The Morgan fingerprint density at radius 3 is 2.38 bits per heavy atom. The van der Waals surface area contributed by atoms with Gasteiger partial charge in [-0.15, -0.1) is 11.6 Å². The third-order valence-corrected chi connectivity index (χ3v) is 5.48. The second kappa shape index (κ2) is 8.28. The Bertz CT molecular complexity index is 1410. The number of hydrogen-bond acceptors (Lipinski definition) is 6. The number of pyridine rings is 3. The minimum absolute atomic E-state index is 0.399. The number of aromatic nitrogens is 5. The molecule has 8 heteroatoms. The van der Waals surface area contributed by atoms with Crippen LogP contribution < -0.4 is 10.5 Å². The van der Waals surface area contributed by atoms with E-state index in [0.29, 0.717) is 29.0 Å². The maximum absolute atomic E-state index is 6.20. The smallest absolute Gasteiger partial charge is 0.222 e. The van der Waals surface area contributed by atoms with E-state index >= 15 is 0 Å². The molecule has 0 amide bonds. The molecule has 0 spiro atoms. The Hall–Kier alpha value is -3.97. The summed E-state index contributed by atoms with van der Waals surface area (Å²) < 4.78 is 7.41. The SMILES string of the molecule is COc1ncccc1-c1ccc2nc(-c3cccnc3N)n(-c3ccc(CCl)cc3)c2n1. The Morgan fingerprint density at radius 1 is 0.906 bits per heavy atom. The monoisotopic (exact) mass is 442 g/mol. The maximum atomic E-state index is 6.20. The third-order valence-electron chi connectivity index (χ3n) is 5.17. The summed E-state index contributed by atoms with van der Waals surface area (Å²) in [6, 6.07) is 19.3. The molecular formula is C24H19ClN6O. The van der Waals surface area contributed by atoms with E-state index in [1.165, 1.54) is 0 Å². The van der Waals surface area contributed by atoms with Crippen LogP contribution in [0.3, 0.4) is 0 Å². The molecule has 1 aromatic carbocycles. The molecule has 7 nitrogen and oxygen atoms in total. The zero-order chi connectivity index (χ0) is 22.1. The van der Waals surface area contributed by atoms with Crippen molar-refractivity contribution in [3.05, 3.63) is 78.6 Å². The first kappa shape index (κ1) is 20.0. The van der Waals surface area contributed by atoms with Gasteiger partial charge >= 0.3 is 0 Å². The number of hydrogen-bond donors (Lipinski definition) is 1. The van der Waals surface area contributed by atoms with Gasteiger partial charge in [0.05, 0.1) is 23.9 Å². The summed E-state index contributed by atoms with van der Waals surface area (Å²) in [4.78, 5) is 18.3. The maximum Gasteiger partial charge on any atom is 0.222 e. The van der Waals surface area contributed by atoms with E-state index in [0.717, 1.165) is 33.6 Å². The number of nitrogens with zero attached hydrogens (tertiary/aromatic N) is 5. The predicted molar refractivity (Wildman–Crippen MR) is 126 cm³/mol. The fourth-order valence-corrected chi connectivity index (χ4v) is 3.80.